The molecule has 0 radical (unpaired) electrons. The highest BCUT2D eigenvalue weighted by molar-refractivity contribution is 5.41. The maximum atomic E-state index is 14.2. The first-order valence-electron chi connectivity index (χ1n) is 7.15. The molecule has 0 bridgehead atoms. The first kappa shape index (κ1) is 14.2. The molecule has 4 nitrogen and oxygen atoms in total. The van der Waals surface area contributed by atoms with E-state index in [0.717, 1.165) is 38.4 Å². The van der Waals surface area contributed by atoms with E-state index in [1.54, 1.807) is 0 Å². The number of halogens is 1. The summed E-state index contributed by atoms with van der Waals surface area (Å²) in [6.45, 7) is 4.77. The number of hydrogen-bond donors (Lipinski definition) is 1. The maximum Gasteiger partial charge on any atom is 0.187 e. The van der Waals surface area contributed by atoms with E-state index >= 15 is 0 Å². The predicted molar refractivity (Wildman–Crippen MR) is 74.8 cm³/mol. The minimum Gasteiger partial charge on any atom is -0.354 e. The highest BCUT2D eigenvalue weighted by Gasteiger charge is 2.23. The van der Waals surface area contributed by atoms with Gasteiger partial charge in [0, 0.05) is 13.1 Å². The summed E-state index contributed by atoms with van der Waals surface area (Å²) in [6, 6.07) is 0. The van der Waals surface area contributed by atoms with Gasteiger partial charge in [-0.25, -0.2) is 14.4 Å². The molecule has 0 unspecified atom stereocenters. The second-order valence-electron chi connectivity index (χ2n) is 5.13. The van der Waals surface area contributed by atoms with Crippen molar-refractivity contribution in [2.45, 2.75) is 32.6 Å². The van der Waals surface area contributed by atoms with Crippen LogP contribution in [0.15, 0.2) is 6.33 Å². The largest absolute Gasteiger partial charge is 0.354 e. The summed E-state index contributed by atoms with van der Waals surface area (Å²) < 4.78 is 14.2. The molecule has 1 aliphatic heterocycles. The Labute approximate surface area is 114 Å². The predicted octanol–water partition coefficient (Wildman–Crippen LogP) is 2.00. The van der Waals surface area contributed by atoms with Crippen LogP contribution in [-0.4, -0.2) is 36.6 Å². The van der Waals surface area contributed by atoms with Gasteiger partial charge in [0.25, 0.3) is 0 Å². The van der Waals surface area contributed by atoms with Gasteiger partial charge in [-0.05, 0) is 45.2 Å². The molecule has 1 fully saturated rings. The molecule has 106 valence electrons. The lowest BCUT2D eigenvalue weighted by Gasteiger charge is -2.33. The van der Waals surface area contributed by atoms with E-state index in [4.69, 9.17) is 0 Å². The molecule has 0 saturated carbocycles. The fraction of sp³-hybridized carbons (Fsp3) is 0.714. The van der Waals surface area contributed by atoms with Gasteiger partial charge < -0.3 is 10.2 Å². The Bertz CT molecular complexity index is 402. The lowest BCUT2D eigenvalue weighted by Crippen LogP contribution is -2.35. The van der Waals surface area contributed by atoms with Crippen LogP contribution in [0.3, 0.4) is 0 Å². The lowest BCUT2D eigenvalue weighted by molar-refractivity contribution is 0.374. The number of hydrogen-bond acceptors (Lipinski definition) is 4. The zero-order chi connectivity index (χ0) is 13.7. The first-order valence-corrected chi connectivity index (χ1v) is 7.15. The van der Waals surface area contributed by atoms with Crippen molar-refractivity contribution >= 4 is 5.82 Å². The van der Waals surface area contributed by atoms with Crippen LogP contribution in [0.4, 0.5) is 10.2 Å². The van der Waals surface area contributed by atoms with Crippen molar-refractivity contribution < 1.29 is 4.39 Å². The van der Waals surface area contributed by atoms with E-state index in [9.17, 15) is 4.39 Å². The molecule has 2 rings (SSSR count). The molecule has 1 aliphatic rings. The maximum absolute atomic E-state index is 14.2. The van der Waals surface area contributed by atoms with Gasteiger partial charge in [-0.2, -0.15) is 0 Å². The van der Waals surface area contributed by atoms with E-state index in [2.05, 4.69) is 20.2 Å². The number of aryl methyl sites for hydroxylation is 1. The van der Waals surface area contributed by atoms with E-state index in [1.165, 1.54) is 12.7 Å². The van der Waals surface area contributed by atoms with Gasteiger partial charge >= 0.3 is 0 Å². The molecular weight excluding hydrogens is 243 g/mol. The van der Waals surface area contributed by atoms with E-state index in [0.29, 0.717) is 17.9 Å². The van der Waals surface area contributed by atoms with Crippen LogP contribution in [-0.2, 0) is 6.42 Å². The zero-order valence-electron chi connectivity index (χ0n) is 11.8. The number of nitrogens with zero attached hydrogens (tertiary/aromatic N) is 3. The van der Waals surface area contributed by atoms with Crippen LogP contribution < -0.4 is 10.2 Å². The number of nitrogens with one attached hydrogen (secondary N) is 1. The second-order valence-corrected chi connectivity index (χ2v) is 5.13. The molecule has 0 aliphatic carbocycles. The van der Waals surface area contributed by atoms with Gasteiger partial charge in [0.2, 0.25) is 0 Å². The summed E-state index contributed by atoms with van der Waals surface area (Å²) in [4.78, 5) is 10.2. The van der Waals surface area contributed by atoms with Gasteiger partial charge in [0.05, 0.1) is 5.69 Å². The molecule has 1 N–H and O–H groups in total. The molecule has 1 saturated heterocycles. The molecule has 19 heavy (non-hydrogen) atoms. The average molecular weight is 266 g/mol. The Morgan fingerprint density at radius 1 is 1.37 bits per heavy atom. The van der Waals surface area contributed by atoms with Crippen molar-refractivity contribution in [2.75, 3.05) is 31.6 Å². The molecule has 5 heteroatoms. The molecule has 0 atom stereocenters. The van der Waals surface area contributed by atoms with E-state index in [1.807, 2.05) is 14.0 Å². The smallest absolute Gasteiger partial charge is 0.187 e. The third-order valence-electron chi connectivity index (χ3n) is 3.89. The van der Waals surface area contributed by atoms with Gasteiger partial charge in [-0.1, -0.05) is 6.92 Å². The zero-order valence-corrected chi connectivity index (χ0v) is 11.8. The normalized spacial score (nSPS) is 16.9. The summed E-state index contributed by atoms with van der Waals surface area (Å²) >= 11 is 0. The van der Waals surface area contributed by atoms with Crippen LogP contribution >= 0.6 is 0 Å². The van der Waals surface area contributed by atoms with E-state index < -0.39 is 0 Å². The summed E-state index contributed by atoms with van der Waals surface area (Å²) in [6.07, 6.45) is 5.53. The number of piperidine rings is 1. The molecule has 0 aromatic carbocycles. The third kappa shape index (κ3) is 3.41. The Morgan fingerprint density at radius 3 is 2.74 bits per heavy atom. The highest BCUT2D eigenvalue weighted by Crippen LogP contribution is 2.26. The quantitative estimate of drug-likeness (QED) is 0.885. The lowest BCUT2D eigenvalue weighted by atomic mass is 9.93. The molecule has 1 aromatic heterocycles. The standard InChI is InChI=1S/C14H23FN4/c1-3-12-13(15)14(18-10-17-12)19-8-5-11(6-9-19)4-7-16-2/h10-11,16H,3-9H2,1-2H3. The Hall–Kier alpha value is -1.23. The summed E-state index contributed by atoms with van der Waals surface area (Å²) in [5, 5.41) is 3.19. The highest BCUT2D eigenvalue weighted by atomic mass is 19.1. The van der Waals surface area contributed by atoms with Crippen molar-refractivity contribution in [3.8, 4) is 0 Å². The minimum atomic E-state index is -0.237. The summed E-state index contributed by atoms with van der Waals surface area (Å²) in [7, 11) is 1.98. The van der Waals surface area contributed by atoms with Crippen molar-refractivity contribution in [3.63, 3.8) is 0 Å². The average Bonchev–Trinajstić information content (AvgIpc) is 2.46. The molecular formula is C14H23FN4. The fourth-order valence-electron chi connectivity index (χ4n) is 2.64. The Balaban J connectivity index is 1.98. The molecule has 0 spiro atoms. The summed E-state index contributed by atoms with van der Waals surface area (Å²) in [5.41, 5.74) is 0.516. The van der Waals surface area contributed by atoms with Crippen LogP contribution in [0.1, 0.15) is 31.9 Å². The van der Waals surface area contributed by atoms with Crippen LogP contribution in [0, 0.1) is 11.7 Å². The monoisotopic (exact) mass is 266 g/mol. The number of aromatic nitrogens is 2. The van der Waals surface area contributed by atoms with E-state index in [-0.39, 0.29) is 5.82 Å². The Kier molecular flexibility index (Phi) is 5.07. The number of anilines is 1. The SMILES string of the molecule is CCc1ncnc(N2CCC(CCNC)CC2)c1F. The van der Waals surface area contributed by atoms with Crippen molar-refractivity contribution in [2.24, 2.45) is 5.92 Å². The fourth-order valence-corrected chi connectivity index (χ4v) is 2.64. The van der Waals surface area contributed by atoms with Crippen LogP contribution in [0.5, 0.6) is 0 Å². The van der Waals surface area contributed by atoms with Crippen molar-refractivity contribution in [3.05, 3.63) is 17.8 Å². The van der Waals surface area contributed by atoms with Crippen molar-refractivity contribution in [1.29, 1.82) is 0 Å². The topological polar surface area (TPSA) is 41.1 Å². The Morgan fingerprint density at radius 2 is 2.11 bits per heavy atom. The van der Waals surface area contributed by atoms with Crippen molar-refractivity contribution in [1.82, 2.24) is 15.3 Å². The van der Waals surface area contributed by atoms with Crippen LogP contribution in [0.2, 0.25) is 0 Å². The molecule has 0 amide bonds. The van der Waals surface area contributed by atoms with Gasteiger partial charge in [0.1, 0.15) is 6.33 Å². The van der Waals surface area contributed by atoms with Crippen LogP contribution in [0.25, 0.3) is 0 Å². The summed E-state index contributed by atoms with van der Waals surface area (Å²) in [5.74, 6) is 0.997. The van der Waals surface area contributed by atoms with Gasteiger partial charge in [0.15, 0.2) is 11.6 Å². The third-order valence-corrected chi connectivity index (χ3v) is 3.89. The first-order chi connectivity index (χ1) is 9.26. The van der Waals surface area contributed by atoms with Gasteiger partial charge in [-0.15, -0.1) is 0 Å². The molecule has 1 aromatic rings. The number of rotatable bonds is 5. The molecule has 2 heterocycles. The minimum absolute atomic E-state index is 0.237. The second kappa shape index (κ2) is 6.80. The van der Waals surface area contributed by atoms with Gasteiger partial charge in [-0.3, -0.25) is 0 Å².